The van der Waals surface area contributed by atoms with Crippen LogP contribution in [0.5, 0.6) is 0 Å². The van der Waals surface area contributed by atoms with Crippen molar-refractivity contribution in [3.8, 4) is 0 Å². The van der Waals surface area contributed by atoms with Crippen LogP contribution in [0.15, 0.2) is 0 Å². The second-order valence-corrected chi connectivity index (χ2v) is 6.24. The Hall–Kier alpha value is -1.10. The lowest BCUT2D eigenvalue weighted by Gasteiger charge is -2.50. The van der Waals surface area contributed by atoms with E-state index >= 15 is 0 Å². The van der Waals surface area contributed by atoms with Crippen molar-refractivity contribution in [2.24, 2.45) is 0 Å². The van der Waals surface area contributed by atoms with Gasteiger partial charge in [0.25, 0.3) is 0 Å². The Kier molecular flexibility index (Phi) is 5.62. The van der Waals surface area contributed by atoms with Crippen LogP contribution in [0.1, 0.15) is 58.3 Å². The summed E-state index contributed by atoms with van der Waals surface area (Å²) in [5, 5.41) is 2.99. The molecule has 1 N–H and O–H groups in total. The minimum atomic E-state index is -0.590. The SMILES string of the molecule is CCCC1NC(=O)C2(CCCCC2)N(CCCOC)C1=O. The molecule has 2 amide bonds. The van der Waals surface area contributed by atoms with Crippen LogP contribution in [0, 0.1) is 0 Å². The Balaban J connectivity index is 2.19. The molecule has 5 heteroatoms. The van der Waals surface area contributed by atoms with Gasteiger partial charge in [0, 0.05) is 20.3 Å². The Morgan fingerprint density at radius 2 is 2.00 bits per heavy atom. The first-order chi connectivity index (χ1) is 10.2. The first-order valence-electron chi connectivity index (χ1n) is 8.27. The van der Waals surface area contributed by atoms with Crippen LogP contribution in [0.4, 0.5) is 0 Å². The van der Waals surface area contributed by atoms with E-state index in [0.717, 1.165) is 51.4 Å². The van der Waals surface area contributed by atoms with Gasteiger partial charge in [0.1, 0.15) is 11.6 Å². The van der Waals surface area contributed by atoms with Crippen molar-refractivity contribution < 1.29 is 14.3 Å². The summed E-state index contributed by atoms with van der Waals surface area (Å²) in [6.45, 7) is 3.29. The summed E-state index contributed by atoms with van der Waals surface area (Å²) < 4.78 is 5.11. The number of ether oxygens (including phenoxy) is 1. The van der Waals surface area contributed by atoms with Gasteiger partial charge in [0.05, 0.1) is 0 Å². The molecule has 21 heavy (non-hydrogen) atoms. The average Bonchev–Trinajstić information content (AvgIpc) is 2.50. The Morgan fingerprint density at radius 1 is 1.29 bits per heavy atom. The monoisotopic (exact) mass is 296 g/mol. The Labute approximate surface area is 127 Å². The molecule has 1 aliphatic carbocycles. The van der Waals surface area contributed by atoms with E-state index < -0.39 is 5.54 Å². The largest absolute Gasteiger partial charge is 0.385 e. The third-order valence-corrected chi connectivity index (χ3v) is 4.80. The van der Waals surface area contributed by atoms with Gasteiger partial charge in [0.2, 0.25) is 11.8 Å². The van der Waals surface area contributed by atoms with Crippen molar-refractivity contribution in [2.45, 2.75) is 69.9 Å². The lowest BCUT2D eigenvalue weighted by molar-refractivity contribution is -0.160. The number of piperazine rings is 1. The molecule has 2 rings (SSSR count). The number of amides is 2. The van der Waals surface area contributed by atoms with E-state index in [0.29, 0.717) is 13.2 Å². The van der Waals surface area contributed by atoms with Gasteiger partial charge in [-0.15, -0.1) is 0 Å². The van der Waals surface area contributed by atoms with Crippen LogP contribution in [0.25, 0.3) is 0 Å². The van der Waals surface area contributed by atoms with Gasteiger partial charge in [-0.05, 0) is 25.7 Å². The molecule has 2 aliphatic rings. The van der Waals surface area contributed by atoms with Gasteiger partial charge >= 0.3 is 0 Å². The fourth-order valence-corrected chi connectivity index (χ4v) is 3.69. The zero-order valence-corrected chi connectivity index (χ0v) is 13.3. The predicted octanol–water partition coefficient (Wildman–Crippen LogP) is 1.85. The molecule has 1 atom stereocenters. The van der Waals surface area contributed by atoms with Gasteiger partial charge in [0.15, 0.2) is 0 Å². The van der Waals surface area contributed by atoms with Gasteiger partial charge in [-0.3, -0.25) is 9.59 Å². The van der Waals surface area contributed by atoms with Gasteiger partial charge in [-0.1, -0.05) is 32.6 Å². The van der Waals surface area contributed by atoms with E-state index in [4.69, 9.17) is 4.74 Å². The molecule has 0 aromatic heterocycles. The van der Waals surface area contributed by atoms with E-state index in [-0.39, 0.29) is 17.9 Å². The second kappa shape index (κ2) is 7.25. The van der Waals surface area contributed by atoms with E-state index in [2.05, 4.69) is 5.32 Å². The summed E-state index contributed by atoms with van der Waals surface area (Å²) in [4.78, 5) is 27.4. The lowest BCUT2D eigenvalue weighted by atomic mass is 9.77. The highest BCUT2D eigenvalue weighted by Crippen LogP contribution is 2.37. The fourth-order valence-electron chi connectivity index (χ4n) is 3.69. The van der Waals surface area contributed by atoms with Crippen LogP contribution in [-0.2, 0) is 14.3 Å². The summed E-state index contributed by atoms with van der Waals surface area (Å²) in [6.07, 6.45) is 7.23. The molecule has 1 saturated heterocycles. The zero-order chi connectivity index (χ0) is 15.3. The van der Waals surface area contributed by atoms with Crippen molar-refractivity contribution >= 4 is 11.8 Å². The minimum absolute atomic E-state index is 0.0673. The normalized spacial score (nSPS) is 25.2. The minimum Gasteiger partial charge on any atom is -0.385 e. The fraction of sp³-hybridized carbons (Fsp3) is 0.875. The molecule has 2 fully saturated rings. The highest BCUT2D eigenvalue weighted by molar-refractivity contribution is 5.99. The lowest BCUT2D eigenvalue weighted by Crippen LogP contribution is -2.71. The average molecular weight is 296 g/mol. The topological polar surface area (TPSA) is 58.6 Å². The van der Waals surface area contributed by atoms with Crippen molar-refractivity contribution in [1.29, 1.82) is 0 Å². The Bertz CT molecular complexity index is 378. The highest BCUT2D eigenvalue weighted by Gasteiger charge is 2.51. The summed E-state index contributed by atoms with van der Waals surface area (Å²) in [7, 11) is 1.67. The number of methoxy groups -OCH3 is 1. The van der Waals surface area contributed by atoms with E-state index in [9.17, 15) is 9.59 Å². The van der Waals surface area contributed by atoms with Gasteiger partial charge < -0.3 is 15.0 Å². The molecule has 0 aromatic carbocycles. The summed E-state index contributed by atoms with van der Waals surface area (Å²) in [6, 6.07) is -0.336. The molecule has 1 spiro atoms. The quantitative estimate of drug-likeness (QED) is 0.761. The third-order valence-electron chi connectivity index (χ3n) is 4.80. The van der Waals surface area contributed by atoms with E-state index in [1.54, 1.807) is 7.11 Å². The number of hydrogen-bond donors (Lipinski definition) is 1. The zero-order valence-electron chi connectivity index (χ0n) is 13.3. The smallest absolute Gasteiger partial charge is 0.246 e. The molecule has 120 valence electrons. The van der Waals surface area contributed by atoms with E-state index in [1.165, 1.54) is 0 Å². The molecular formula is C16H28N2O3. The van der Waals surface area contributed by atoms with Gasteiger partial charge in [-0.25, -0.2) is 0 Å². The molecule has 0 aromatic rings. The maximum atomic E-state index is 12.8. The molecular weight excluding hydrogens is 268 g/mol. The number of nitrogens with one attached hydrogen (secondary N) is 1. The first-order valence-corrected chi connectivity index (χ1v) is 8.27. The molecule has 1 heterocycles. The van der Waals surface area contributed by atoms with Crippen LogP contribution in [0.3, 0.4) is 0 Å². The number of carbonyl (C=O) groups excluding carboxylic acids is 2. The molecule has 0 radical (unpaired) electrons. The Morgan fingerprint density at radius 3 is 2.62 bits per heavy atom. The maximum absolute atomic E-state index is 12.8. The number of rotatable bonds is 6. The van der Waals surface area contributed by atoms with Gasteiger partial charge in [-0.2, -0.15) is 0 Å². The third kappa shape index (κ3) is 3.23. The van der Waals surface area contributed by atoms with Crippen LogP contribution in [0.2, 0.25) is 0 Å². The molecule has 1 aliphatic heterocycles. The van der Waals surface area contributed by atoms with Crippen LogP contribution in [-0.4, -0.2) is 48.6 Å². The number of hydrogen-bond acceptors (Lipinski definition) is 3. The summed E-state index contributed by atoms with van der Waals surface area (Å²) in [5.41, 5.74) is -0.590. The predicted molar refractivity (Wildman–Crippen MR) is 80.9 cm³/mol. The molecule has 5 nitrogen and oxygen atoms in total. The second-order valence-electron chi connectivity index (χ2n) is 6.24. The van der Waals surface area contributed by atoms with Crippen molar-refractivity contribution in [2.75, 3.05) is 20.3 Å². The summed E-state index contributed by atoms with van der Waals surface area (Å²) in [5.74, 6) is 0.173. The van der Waals surface area contributed by atoms with Crippen molar-refractivity contribution in [3.05, 3.63) is 0 Å². The first kappa shape index (κ1) is 16.3. The van der Waals surface area contributed by atoms with Crippen LogP contribution >= 0.6 is 0 Å². The maximum Gasteiger partial charge on any atom is 0.246 e. The highest BCUT2D eigenvalue weighted by atomic mass is 16.5. The molecule has 1 unspecified atom stereocenters. The van der Waals surface area contributed by atoms with Crippen molar-refractivity contribution in [3.63, 3.8) is 0 Å². The number of nitrogens with zero attached hydrogens (tertiary/aromatic N) is 1. The standard InChI is InChI=1S/C16H28N2O3/c1-3-8-13-14(19)18(11-7-12-21-2)16(15(20)17-13)9-5-4-6-10-16/h13H,3-12H2,1-2H3,(H,17,20). The molecule has 1 saturated carbocycles. The van der Waals surface area contributed by atoms with E-state index in [1.807, 2.05) is 11.8 Å². The molecule has 0 bridgehead atoms. The van der Waals surface area contributed by atoms with Crippen LogP contribution < -0.4 is 5.32 Å². The number of carbonyl (C=O) groups is 2. The van der Waals surface area contributed by atoms with Crippen molar-refractivity contribution in [1.82, 2.24) is 10.2 Å². The summed E-state index contributed by atoms with van der Waals surface area (Å²) >= 11 is 0.